The number of ether oxygens (including phenoxy) is 2. The summed E-state index contributed by atoms with van der Waals surface area (Å²) in [5, 5.41) is 0. The van der Waals surface area contributed by atoms with Crippen LogP contribution in [0.4, 0.5) is 0 Å². The Morgan fingerprint density at radius 3 is 2.38 bits per heavy atom. The molecule has 1 heterocycles. The van der Waals surface area contributed by atoms with Crippen molar-refractivity contribution < 1.29 is 9.47 Å². The second kappa shape index (κ2) is 4.46. The molecule has 0 bridgehead atoms. The van der Waals surface area contributed by atoms with Crippen molar-refractivity contribution in [2.45, 2.75) is 38.7 Å². The van der Waals surface area contributed by atoms with Crippen molar-refractivity contribution in [1.29, 1.82) is 0 Å². The van der Waals surface area contributed by atoms with Crippen molar-refractivity contribution in [2.24, 2.45) is 0 Å². The van der Waals surface area contributed by atoms with Gasteiger partial charge in [0, 0.05) is 6.42 Å². The van der Waals surface area contributed by atoms with Crippen LogP contribution in [0.1, 0.15) is 32.8 Å². The molecule has 1 unspecified atom stereocenters. The third-order valence-electron chi connectivity index (χ3n) is 2.91. The monoisotopic (exact) mass is 220 g/mol. The van der Waals surface area contributed by atoms with E-state index in [2.05, 4.69) is 45.0 Å². The maximum absolute atomic E-state index is 5.82. The van der Waals surface area contributed by atoms with Crippen LogP contribution >= 0.6 is 0 Å². The Labute approximate surface area is 97.6 Å². The lowest BCUT2D eigenvalue weighted by atomic mass is 9.87. The van der Waals surface area contributed by atoms with Crippen LogP contribution in [0.3, 0.4) is 0 Å². The van der Waals surface area contributed by atoms with Gasteiger partial charge < -0.3 is 9.47 Å². The predicted octanol–water partition coefficient (Wildman–Crippen LogP) is 3.15. The zero-order valence-corrected chi connectivity index (χ0v) is 10.3. The van der Waals surface area contributed by atoms with Gasteiger partial charge in [-0.15, -0.1) is 0 Å². The Balaban J connectivity index is 2.01. The Hall–Kier alpha value is -1.02. The van der Waals surface area contributed by atoms with E-state index >= 15 is 0 Å². The zero-order valence-electron chi connectivity index (χ0n) is 10.3. The molecule has 1 aliphatic rings. The Morgan fingerprint density at radius 1 is 1.19 bits per heavy atom. The molecule has 0 amide bonds. The van der Waals surface area contributed by atoms with E-state index < -0.39 is 0 Å². The maximum atomic E-state index is 5.82. The molecular formula is C14H20O2. The first-order chi connectivity index (χ1) is 7.55. The molecule has 1 fully saturated rings. The molecule has 0 aliphatic carbocycles. The van der Waals surface area contributed by atoms with Crippen molar-refractivity contribution in [3.63, 3.8) is 0 Å². The summed E-state index contributed by atoms with van der Waals surface area (Å²) in [5.41, 5.74) is 1.54. The molecule has 2 nitrogen and oxygen atoms in total. The third-order valence-corrected chi connectivity index (χ3v) is 2.91. The summed E-state index contributed by atoms with van der Waals surface area (Å²) in [6, 6.07) is 8.40. The minimum absolute atomic E-state index is 0.203. The lowest BCUT2D eigenvalue weighted by Crippen LogP contribution is -2.16. The molecule has 16 heavy (non-hydrogen) atoms. The van der Waals surface area contributed by atoms with Crippen molar-refractivity contribution in [1.82, 2.24) is 0 Å². The summed E-state index contributed by atoms with van der Waals surface area (Å²) in [5.74, 6) is 0.948. The van der Waals surface area contributed by atoms with Gasteiger partial charge >= 0.3 is 0 Å². The van der Waals surface area contributed by atoms with Crippen LogP contribution in [-0.2, 0) is 10.2 Å². The average molecular weight is 220 g/mol. The van der Waals surface area contributed by atoms with Gasteiger partial charge in [-0.1, -0.05) is 32.9 Å². The fraction of sp³-hybridized carbons (Fsp3) is 0.571. The summed E-state index contributed by atoms with van der Waals surface area (Å²) in [7, 11) is 0. The molecule has 2 heteroatoms. The predicted molar refractivity (Wildman–Crippen MR) is 65.0 cm³/mol. The van der Waals surface area contributed by atoms with E-state index in [0.29, 0.717) is 0 Å². The van der Waals surface area contributed by atoms with Gasteiger partial charge in [0.25, 0.3) is 0 Å². The van der Waals surface area contributed by atoms with Gasteiger partial charge in [0.2, 0.25) is 0 Å². The van der Waals surface area contributed by atoms with Gasteiger partial charge in [-0.25, -0.2) is 0 Å². The molecule has 1 saturated heterocycles. The van der Waals surface area contributed by atoms with Crippen molar-refractivity contribution >= 4 is 0 Å². The Morgan fingerprint density at radius 2 is 1.88 bits per heavy atom. The van der Waals surface area contributed by atoms with E-state index in [9.17, 15) is 0 Å². The van der Waals surface area contributed by atoms with Crippen molar-refractivity contribution in [3.8, 4) is 5.75 Å². The number of benzene rings is 1. The molecular weight excluding hydrogens is 200 g/mol. The molecule has 1 aromatic carbocycles. The molecule has 2 rings (SSSR count). The summed E-state index contributed by atoms with van der Waals surface area (Å²) < 4.78 is 11.1. The second-order valence-corrected chi connectivity index (χ2v) is 5.38. The molecule has 0 N–H and O–H groups in total. The van der Waals surface area contributed by atoms with Crippen LogP contribution in [0, 0.1) is 0 Å². The summed E-state index contributed by atoms with van der Waals surface area (Å²) in [6.45, 7) is 8.20. The zero-order chi connectivity index (χ0) is 11.6. The first kappa shape index (κ1) is 11.5. The van der Waals surface area contributed by atoms with Gasteiger partial charge in [-0.2, -0.15) is 0 Å². The lowest BCUT2D eigenvalue weighted by Gasteiger charge is -2.19. The van der Waals surface area contributed by atoms with E-state index in [0.717, 1.165) is 25.4 Å². The van der Waals surface area contributed by atoms with Gasteiger partial charge in [0.05, 0.1) is 13.2 Å². The summed E-state index contributed by atoms with van der Waals surface area (Å²) in [4.78, 5) is 0. The normalized spacial score (nSPS) is 21.1. The van der Waals surface area contributed by atoms with Gasteiger partial charge in [-0.05, 0) is 23.1 Å². The van der Waals surface area contributed by atoms with E-state index in [4.69, 9.17) is 9.47 Å². The topological polar surface area (TPSA) is 18.5 Å². The summed E-state index contributed by atoms with van der Waals surface area (Å²) >= 11 is 0. The van der Waals surface area contributed by atoms with Crippen LogP contribution in [0.2, 0.25) is 0 Å². The fourth-order valence-corrected chi connectivity index (χ4v) is 1.83. The van der Waals surface area contributed by atoms with Gasteiger partial charge in [0.1, 0.15) is 11.9 Å². The fourth-order valence-electron chi connectivity index (χ4n) is 1.83. The molecule has 0 aromatic heterocycles. The van der Waals surface area contributed by atoms with E-state index in [1.807, 2.05) is 0 Å². The van der Waals surface area contributed by atoms with Crippen LogP contribution < -0.4 is 4.74 Å². The Kier molecular flexibility index (Phi) is 3.20. The average Bonchev–Trinajstić information content (AvgIpc) is 2.70. The first-order valence-electron chi connectivity index (χ1n) is 5.91. The molecule has 1 aromatic rings. The highest BCUT2D eigenvalue weighted by molar-refractivity contribution is 5.31. The highest BCUT2D eigenvalue weighted by Gasteiger charge is 2.18. The first-order valence-corrected chi connectivity index (χ1v) is 5.91. The van der Waals surface area contributed by atoms with Gasteiger partial charge in [-0.3, -0.25) is 0 Å². The largest absolute Gasteiger partial charge is 0.488 e. The van der Waals surface area contributed by atoms with Crippen LogP contribution in [0.5, 0.6) is 5.75 Å². The SMILES string of the molecule is CC(C)(C)c1ccc(OC2CCOC2)cc1. The van der Waals surface area contributed by atoms with Crippen LogP contribution in [0.25, 0.3) is 0 Å². The van der Waals surface area contributed by atoms with Crippen LogP contribution in [-0.4, -0.2) is 19.3 Å². The quantitative estimate of drug-likeness (QED) is 0.762. The van der Waals surface area contributed by atoms with Crippen molar-refractivity contribution in [2.75, 3.05) is 13.2 Å². The van der Waals surface area contributed by atoms with E-state index in [1.165, 1.54) is 5.56 Å². The number of hydrogen-bond acceptors (Lipinski definition) is 2. The minimum Gasteiger partial charge on any atom is -0.488 e. The van der Waals surface area contributed by atoms with E-state index in [-0.39, 0.29) is 11.5 Å². The molecule has 1 atom stereocenters. The standard InChI is InChI=1S/C14H20O2/c1-14(2,3)11-4-6-12(7-5-11)16-13-8-9-15-10-13/h4-7,13H,8-10H2,1-3H3. The Bertz CT molecular complexity index is 329. The minimum atomic E-state index is 0.203. The molecule has 0 saturated carbocycles. The highest BCUT2D eigenvalue weighted by Crippen LogP contribution is 2.25. The highest BCUT2D eigenvalue weighted by atomic mass is 16.5. The third kappa shape index (κ3) is 2.76. The summed E-state index contributed by atoms with van der Waals surface area (Å²) in [6.07, 6.45) is 1.24. The smallest absolute Gasteiger partial charge is 0.124 e. The van der Waals surface area contributed by atoms with Gasteiger partial charge in [0.15, 0.2) is 0 Å². The maximum Gasteiger partial charge on any atom is 0.124 e. The number of hydrogen-bond donors (Lipinski definition) is 0. The second-order valence-electron chi connectivity index (χ2n) is 5.38. The lowest BCUT2D eigenvalue weighted by molar-refractivity contribution is 0.141. The van der Waals surface area contributed by atoms with Crippen molar-refractivity contribution in [3.05, 3.63) is 29.8 Å². The number of rotatable bonds is 2. The molecule has 0 radical (unpaired) electrons. The molecule has 88 valence electrons. The molecule has 1 aliphatic heterocycles. The van der Waals surface area contributed by atoms with E-state index in [1.54, 1.807) is 0 Å². The van der Waals surface area contributed by atoms with Crippen LogP contribution in [0.15, 0.2) is 24.3 Å². The molecule has 0 spiro atoms.